The number of hydrogen-bond donors (Lipinski definition) is 3. The van der Waals surface area contributed by atoms with Crippen molar-refractivity contribution in [3.8, 4) is 0 Å². The van der Waals surface area contributed by atoms with Gasteiger partial charge in [-0.15, -0.1) is 0 Å². The molecular weight excluding hydrogens is 418 g/mol. The largest absolute Gasteiger partial charge is 0.468 e. The number of rotatable bonds is 9. The Kier molecular flexibility index (Phi) is 7.22. The summed E-state index contributed by atoms with van der Waals surface area (Å²) >= 11 is 0. The van der Waals surface area contributed by atoms with Crippen LogP contribution in [-0.4, -0.2) is 20.2 Å². The van der Waals surface area contributed by atoms with Gasteiger partial charge in [0.15, 0.2) is 0 Å². The van der Waals surface area contributed by atoms with Crippen LogP contribution in [0.4, 0.5) is 5.69 Å². The highest BCUT2D eigenvalue weighted by Gasteiger charge is 2.19. The van der Waals surface area contributed by atoms with E-state index < -0.39 is 16.1 Å². The molecule has 0 aliphatic rings. The first kappa shape index (κ1) is 22.3. The van der Waals surface area contributed by atoms with Gasteiger partial charge >= 0.3 is 0 Å². The van der Waals surface area contributed by atoms with Crippen LogP contribution < -0.4 is 15.4 Å². The number of amides is 2. The van der Waals surface area contributed by atoms with E-state index in [4.69, 9.17) is 4.42 Å². The average Bonchev–Trinajstić information content (AvgIpc) is 3.26. The fourth-order valence-corrected chi connectivity index (χ4v) is 4.02. The van der Waals surface area contributed by atoms with Crippen LogP contribution in [0.3, 0.4) is 0 Å². The van der Waals surface area contributed by atoms with Crippen LogP contribution in [0, 0.1) is 0 Å². The van der Waals surface area contributed by atoms with Crippen molar-refractivity contribution in [3.63, 3.8) is 0 Å². The molecule has 0 fully saturated rings. The number of sulfonamides is 1. The Hall–Kier alpha value is -3.43. The lowest BCUT2D eigenvalue weighted by Crippen LogP contribution is -2.29. The Morgan fingerprint density at radius 2 is 1.77 bits per heavy atom. The third kappa shape index (κ3) is 6.53. The van der Waals surface area contributed by atoms with E-state index in [1.165, 1.54) is 25.3 Å². The molecule has 0 saturated carbocycles. The molecular formula is C22H23N3O5S. The quantitative estimate of drug-likeness (QED) is 0.472. The summed E-state index contributed by atoms with van der Waals surface area (Å²) in [4.78, 5) is 24.1. The summed E-state index contributed by atoms with van der Waals surface area (Å²) in [5.41, 5.74) is 1.13. The number of carbonyl (C=O) groups is 2. The SMILES string of the molecule is CC(=O)N[C@H](CC(=O)Nc1cccc(S(=O)(=O)NCc2ccco2)c1)c1ccccc1. The molecule has 0 unspecified atom stereocenters. The first-order chi connectivity index (χ1) is 14.8. The van der Waals surface area contributed by atoms with Crippen LogP contribution in [-0.2, 0) is 26.2 Å². The summed E-state index contributed by atoms with van der Waals surface area (Å²) in [5.74, 6) is -0.129. The first-order valence-electron chi connectivity index (χ1n) is 9.57. The van der Waals surface area contributed by atoms with Crippen molar-refractivity contribution in [2.24, 2.45) is 0 Å². The normalized spacial score (nSPS) is 12.2. The van der Waals surface area contributed by atoms with Crippen LogP contribution in [0.1, 0.15) is 30.7 Å². The molecule has 3 rings (SSSR count). The van der Waals surface area contributed by atoms with Crippen molar-refractivity contribution in [1.82, 2.24) is 10.0 Å². The summed E-state index contributed by atoms with van der Waals surface area (Å²) in [6, 6.07) is 17.9. The zero-order valence-electron chi connectivity index (χ0n) is 16.9. The van der Waals surface area contributed by atoms with Crippen LogP contribution in [0.15, 0.2) is 82.3 Å². The minimum atomic E-state index is -3.79. The number of nitrogens with one attached hydrogen (secondary N) is 3. The molecule has 1 aromatic heterocycles. The van der Waals surface area contributed by atoms with Gasteiger partial charge in [-0.1, -0.05) is 36.4 Å². The highest BCUT2D eigenvalue weighted by molar-refractivity contribution is 7.89. The van der Waals surface area contributed by atoms with Crippen LogP contribution in [0.2, 0.25) is 0 Å². The Morgan fingerprint density at radius 3 is 2.45 bits per heavy atom. The Labute approximate surface area is 180 Å². The van der Waals surface area contributed by atoms with E-state index in [9.17, 15) is 18.0 Å². The predicted molar refractivity (Wildman–Crippen MR) is 115 cm³/mol. The third-order valence-electron chi connectivity index (χ3n) is 4.41. The monoisotopic (exact) mass is 441 g/mol. The van der Waals surface area contributed by atoms with Crippen molar-refractivity contribution in [3.05, 3.63) is 84.3 Å². The lowest BCUT2D eigenvalue weighted by atomic mass is 10.0. The second-order valence-corrected chi connectivity index (χ2v) is 8.61. The molecule has 1 heterocycles. The Bertz CT molecular complexity index is 1130. The Morgan fingerprint density at radius 1 is 1.00 bits per heavy atom. The Balaban J connectivity index is 1.67. The van der Waals surface area contributed by atoms with Gasteiger partial charge in [-0.05, 0) is 35.9 Å². The van der Waals surface area contributed by atoms with E-state index in [2.05, 4.69) is 15.4 Å². The molecule has 0 spiro atoms. The van der Waals surface area contributed by atoms with Crippen LogP contribution in [0.25, 0.3) is 0 Å². The van der Waals surface area contributed by atoms with Gasteiger partial charge in [0.2, 0.25) is 21.8 Å². The zero-order chi connectivity index (χ0) is 22.3. The average molecular weight is 442 g/mol. The minimum absolute atomic E-state index is 0.00266. The first-order valence-corrected chi connectivity index (χ1v) is 11.1. The molecule has 0 radical (unpaired) electrons. The molecule has 0 aliphatic carbocycles. The van der Waals surface area contributed by atoms with Gasteiger partial charge in [0.1, 0.15) is 5.76 Å². The summed E-state index contributed by atoms with van der Waals surface area (Å²) < 4.78 is 32.7. The van der Waals surface area contributed by atoms with Gasteiger partial charge in [0.25, 0.3) is 0 Å². The molecule has 2 aromatic carbocycles. The van der Waals surface area contributed by atoms with Crippen LogP contribution in [0.5, 0.6) is 0 Å². The number of furan rings is 1. The zero-order valence-corrected chi connectivity index (χ0v) is 17.7. The highest BCUT2D eigenvalue weighted by Crippen LogP contribution is 2.20. The van der Waals surface area contributed by atoms with E-state index in [0.717, 1.165) is 5.56 Å². The molecule has 3 N–H and O–H groups in total. The molecule has 8 nitrogen and oxygen atoms in total. The fourth-order valence-electron chi connectivity index (χ4n) is 2.98. The molecule has 9 heteroatoms. The molecule has 0 aliphatic heterocycles. The van der Waals surface area contributed by atoms with Gasteiger partial charge in [-0.2, -0.15) is 0 Å². The molecule has 0 saturated heterocycles. The number of benzene rings is 2. The molecule has 2 amide bonds. The van der Waals surface area contributed by atoms with Crippen molar-refractivity contribution in [1.29, 1.82) is 0 Å². The minimum Gasteiger partial charge on any atom is -0.468 e. The molecule has 162 valence electrons. The maximum atomic E-state index is 12.6. The van der Waals surface area contributed by atoms with E-state index in [1.807, 2.05) is 30.3 Å². The van der Waals surface area contributed by atoms with Crippen molar-refractivity contribution in [2.45, 2.75) is 30.8 Å². The predicted octanol–water partition coefficient (Wildman–Crippen LogP) is 2.96. The fraction of sp³-hybridized carbons (Fsp3) is 0.182. The molecule has 1 atom stereocenters. The van der Waals surface area contributed by atoms with E-state index in [1.54, 1.807) is 24.3 Å². The van der Waals surface area contributed by atoms with Gasteiger partial charge in [-0.3, -0.25) is 9.59 Å². The van der Waals surface area contributed by atoms with Crippen molar-refractivity contribution >= 4 is 27.5 Å². The lowest BCUT2D eigenvalue weighted by molar-refractivity contribution is -0.120. The maximum Gasteiger partial charge on any atom is 0.241 e. The number of anilines is 1. The highest BCUT2D eigenvalue weighted by atomic mass is 32.2. The van der Waals surface area contributed by atoms with Gasteiger partial charge in [-0.25, -0.2) is 13.1 Å². The van der Waals surface area contributed by atoms with Gasteiger partial charge < -0.3 is 15.1 Å². The summed E-state index contributed by atoms with van der Waals surface area (Å²) in [5, 5.41) is 5.46. The number of carbonyl (C=O) groups excluding carboxylic acids is 2. The van der Waals surface area contributed by atoms with Gasteiger partial charge in [0.05, 0.1) is 30.2 Å². The van der Waals surface area contributed by atoms with E-state index in [-0.39, 0.29) is 29.7 Å². The lowest BCUT2D eigenvalue weighted by Gasteiger charge is -2.18. The van der Waals surface area contributed by atoms with E-state index >= 15 is 0 Å². The summed E-state index contributed by atoms with van der Waals surface area (Å²) in [7, 11) is -3.79. The smallest absolute Gasteiger partial charge is 0.241 e. The molecule has 0 bridgehead atoms. The topological polar surface area (TPSA) is 118 Å². The van der Waals surface area contributed by atoms with Crippen LogP contribution >= 0.6 is 0 Å². The van der Waals surface area contributed by atoms with Crippen molar-refractivity contribution in [2.75, 3.05) is 5.32 Å². The molecule has 3 aromatic rings. The van der Waals surface area contributed by atoms with Crippen molar-refractivity contribution < 1.29 is 22.4 Å². The summed E-state index contributed by atoms with van der Waals surface area (Å²) in [6.45, 7) is 1.40. The number of hydrogen-bond acceptors (Lipinski definition) is 5. The summed E-state index contributed by atoms with van der Waals surface area (Å²) in [6.07, 6.45) is 1.46. The molecule has 31 heavy (non-hydrogen) atoms. The second-order valence-electron chi connectivity index (χ2n) is 6.85. The van der Waals surface area contributed by atoms with Gasteiger partial charge in [0, 0.05) is 12.6 Å². The third-order valence-corrected chi connectivity index (χ3v) is 5.81. The maximum absolute atomic E-state index is 12.6. The van der Waals surface area contributed by atoms with E-state index in [0.29, 0.717) is 11.4 Å². The standard InChI is InChI=1S/C22H23N3O5S/c1-16(26)24-21(17-7-3-2-4-8-17)14-22(27)25-18-9-5-11-20(13-18)31(28,29)23-15-19-10-6-12-30-19/h2-13,21,23H,14-15H2,1H3,(H,24,26)(H,25,27)/t21-/m1/s1. The second kappa shape index (κ2) is 10.1.